The van der Waals surface area contributed by atoms with Crippen LogP contribution in [0.4, 0.5) is 5.69 Å². The molecular weight excluding hydrogens is 399 g/mol. The zero-order valence-electron chi connectivity index (χ0n) is 14.7. The molecule has 0 saturated carbocycles. The summed E-state index contributed by atoms with van der Waals surface area (Å²) in [6.07, 6.45) is 0. The summed E-state index contributed by atoms with van der Waals surface area (Å²) in [5.74, 6) is 0.567. The standard InChI is InChI=1S/C21H14Cl2N2O3/c1-27-19-8-7-15(28-20-17(22)9-13(12-24)10-18(20)23)11-16(19)21(26)25-14-5-3-2-4-6-14/h2-11H,1H3,(H,25,26). The molecule has 1 amide bonds. The molecule has 0 unspecified atom stereocenters. The van der Waals surface area contributed by atoms with Gasteiger partial charge in [0, 0.05) is 5.69 Å². The van der Waals surface area contributed by atoms with Gasteiger partial charge in [0.05, 0.1) is 34.4 Å². The van der Waals surface area contributed by atoms with E-state index < -0.39 is 0 Å². The van der Waals surface area contributed by atoms with Gasteiger partial charge in [-0.15, -0.1) is 0 Å². The van der Waals surface area contributed by atoms with Crippen LogP contribution in [-0.2, 0) is 0 Å². The molecule has 1 N–H and O–H groups in total. The zero-order chi connectivity index (χ0) is 20.1. The van der Waals surface area contributed by atoms with Crippen LogP contribution in [0.2, 0.25) is 10.0 Å². The quantitative estimate of drug-likeness (QED) is 0.564. The second-order valence-corrected chi connectivity index (χ2v) is 6.48. The lowest BCUT2D eigenvalue weighted by Gasteiger charge is -2.13. The number of nitrogens with zero attached hydrogens (tertiary/aromatic N) is 1. The highest BCUT2D eigenvalue weighted by molar-refractivity contribution is 6.37. The van der Waals surface area contributed by atoms with Crippen LogP contribution in [0.25, 0.3) is 0 Å². The lowest BCUT2D eigenvalue weighted by Crippen LogP contribution is -2.13. The lowest BCUT2D eigenvalue weighted by atomic mass is 10.1. The maximum Gasteiger partial charge on any atom is 0.259 e. The maximum absolute atomic E-state index is 12.7. The van der Waals surface area contributed by atoms with Gasteiger partial charge in [-0.3, -0.25) is 4.79 Å². The van der Waals surface area contributed by atoms with Crippen molar-refractivity contribution in [3.05, 3.63) is 81.8 Å². The van der Waals surface area contributed by atoms with Gasteiger partial charge >= 0.3 is 0 Å². The molecule has 0 aliphatic rings. The first-order valence-corrected chi connectivity index (χ1v) is 8.89. The summed E-state index contributed by atoms with van der Waals surface area (Å²) in [5.41, 5.74) is 1.25. The first-order valence-electron chi connectivity index (χ1n) is 8.13. The number of para-hydroxylation sites is 1. The molecule has 0 saturated heterocycles. The monoisotopic (exact) mass is 412 g/mol. The first-order chi connectivity index (χ1) is 13.5. The largest absolute Gasteiger partial charge is 0.496 e. The molecule has 3 aromatic carbocycles. The molecule has 0 fully saturated rings. The minimum Gasteiger partial charge on any atom is -0.496 e. The number of rotatable bonds is 5. The predicted molar refractivity (Wildman–Crippen MR) is 109 cm³/mol. The number of carbonyl (C=O) groups excluding carboxylic acids is 1. The van der Waals surface area contributed by atoms with E-state index in [1.165, 1.54) is 25.3 Å². The summed E-state index contributed by atoms with van der Waals surface area (Å²) in [6, 6.07) is 18.7. The van der Waals surface area contributed by atoms with E-state index in [4.69, 9.17) is 37.9 Å². The fourth-order valence-corrected chi connectivity index (χ4v) is 3.05. The number of nitrogens with one attached hydrogen (secondary N) is 1. The maximum atomic E-state index is 12.7. The molecule has 0 radical (unpaired) electrons. The van der Waals surface area contributed by atoms with Crippen molar-refractivity contribution in [2.45, 2.75) is 0 Å². The van der Waals surface area contributed by atoms with E-state index in [-0.39, 0.29) is 27.3 Å². The van der Waals surface area contributed by atoms with E-state index in [2.05, 4.69) is 5.32 Å². The minimum atomic E-state index is -0.356. The van der Waals surface area contributed by atoms with E-state index >= 15 is 0 Å². The van der Waals surface area contributed by atoms with Gasteiger partial charge in [-0.2, -0.15) is 5.26 Å². The van der Waals surface area contributed by atoms with Gasteiger partial charge < -0.3 is 14.8 Å². The molecule has 140 valence electrons. The molecular formula is C21H14Cl2N2O3. The Morgan fingerprint density at radius 1 is 1.04 bits per heavy atom. The second kappa shape index (κ2) is 8.66. The molecule has 5 nitrogen and oxygen atoms in total. The van der Waals surface area contributed by atoms with Crippen molar-refractivity contribution in [1.29, 1.82) is 5.26 Å². The van der Waals surface area contributed by atoms with Crippen molar-refractivity contribution >= 4 is 34.8 Å². The Morgan fingerprint density at radius 2 is 1.71 bits per heavy atom. The molecule has 0 aromatic heterocycles. The Bertz CT molecular complexity index is 1040. The predicted octanol–water partition coefficient (Wildman–Crippen LogP) is 5.92. The smallest absolute Gasteiger partial charge is 0.259 e. The average molecular weight is 413 g/mol. The summed E-state index contributed by atoms with van der Waals surface area (Å²) in [4.78, 5) is 12.7. The third kappa shape index (κ3) is 4.37. The number of methoxy groups -OCH3 is 1. The third-order valence-corrected chi connectivity index (χ3v) is 4.36. The Morgan fingerprint density at radius 3 is 2.32 bits per heavy atom. The van der Waals surface area contributed by atoms with Gasteiger partial charge in [0.25, 0.3) is 5.91 Å². The molecule has 0 aliphatic carbocycles. The summed E-state index contributed by atoms with van der Waals surface area (Å²) in [6.45, 7) is 0. The van der Waals surface area contributed by atoms with Crippen LogP contribution < -0.4 is 14.8 Å². The highest BCUT2D eigenvalue weighted by Crippen LogP contribution is 2.38. The molecule has 7 heteroatoms. The Kier molecular flexibility index (Phi) is 6.05. The second-order valence-electron chi connectivity index (χ2n) is 5.67. The van der Waals surface area contributed by atoms with Gasteiger partial charge in [-0.05, 0) is 42.5 Å². The lowest BCUT2D eigenvalue weighted by molar-refractivity contribution is 0.102. The van der Waals surface area contributed by atoms with Gasteiger partial charge in [0.15, 0.2) is 5.75 Å². The number of hydrogen-bond acceptors (Lipinski definition) is 4. The van der Waals surface area contributed by atoms with Crippen molar-refractivity contribution in [2.24, 2.45) is 0 Å². The van der Waals surface area contributed by atoms with Crippen molar-refractivity contribution in [3.63, 3.8) is 0 Å². The number of carbonyl (C=O) groups is 1. The number of halogens is 2. The topological polar surface area (TPSA) is 71.3 Å². The fraction of sp³-hybridized carbons (Fsp3) is 0.0476. The molecule has 28 heavy (non-hydrogen) atoms. The number of nitriles is 1. The molecule has 0 spiro atoms. The van der Waals surface area contributed by atoms with Crippen molar-refractivity contribution in [1.82, 2.24) is 0 Å². The highest BCUT2D eigenvalue weighted by Gasteiger charge is 2.16. The molecule has 0 atom stereocenters. The van der Waals surface area contributed by atoms with E-state index in [9.17, 15) is 4.79 Å². The molecule has 0 bridgehead atoms. The van der Waals surface area contributed by atoms with Crippen LogP contribution >= 0.6 is 23.2 Å². The molecule has 0 aliphatic heterocycles. The van der Waals surface area contributed by atoms with Crippen LogP contribution in [0.3, 0.4) is 0 Å². The summed E-state index contributed by atoms with van der Waals surface area (Å²) < 4.78 is 11.1. The molecule has 0 heterocycles. The van der Waals surface area contributed by atoms with E-state index in [0.29, 0.717) is 22.7 Å². The van der Waals surface area contributed by atoms with Crippen molar-refractivity contribution in [3.8, 4) is 23.3 Å². The minimum absolute atomic E-state index is 0.190. The van der Waals surface area contributed by atoms with Crippen molar-refractivity contribution in [2.75, 3.05) is 12.4 Å². The van der Waals surface area contributed by atoms with Crippen LogP contribution in [0.5, 0.6) is 17.2 Å². The Hall–Kier alpha value is -3.20. The average Bonchev–Trinajstić information content (AvgIpc) is 2.71. The van der Waals surface area contributed by atoms with E-state index in [0.717, 1.165) is 0 Å². The Labute approximate surface area is 172 Å². The summed E-state index contributed by atoms with van der Waals surface area (Å²) in [7, 11) is 1.48. The van der Waals surface area contributed by atoms with Gasteiger partial charge in [-0.1, -0.05) is 41.4 Å². The fourth-order valence-electron chi connectivity index (χ4n) is 2.49. The van der Waals surface area contributed by atoms with Crippen LogP contribution in [0.1, 0.15) is 15.9 Å². The number of benzene rings is 3. The van der Waals surface area contributed by atoms with Crippen LogP contribution in [0, 0.1) is 11.3 Å². The van der Waals surface area contributed by atoms with Gasteiger partial charge in [-0.25, -0.2) is 0 Å². The van der Waals surface area contributed by atoms with Crippen molar-refractivity contribution < 1.29 is 14.3 Å². The SMILES string of the molecule is COc1ccc(Oc2c(Cl)cc(C#N)cc2Cl)cc1C(=O)Nc1ccccc1. The number of hydrogen-bond donors (Lipinski definition) is 1. The van der Waals surface area contributed by atoms with E-state index in [1.807, 2.05) is 24.3 Å². The summed E-state index contributed by atoms with van der Waals surface area (Å²) in [5, 5.41) is 12.2. The first kappa shape index (κ1) is 19.6. The van der Waals surface area contributed by atoms with E-state index in [1.54, 1.807) is 24.3 Å². The normalized spacial score (nSPS) is 10.1. The zero-order valence-corrected chi connectivity index (χ0v) is 16.2. The third-order valence-electron chi connectivity index (χ3n) is 3.79. The molecule has 3 rings (SSSR count). The molecule has 3 aromatic rings. The number of ether oxygens (including phenoxy) is 2. The number of amides is 1. The highest BCUT2D eigenvalue weighted by atomic mass is 35.5. The van der Waals surface area contributed by atoms with Gasteiger partial charge in [0.1, 0.15) is 11.5 Å². The van der Waals surface area contributed by atoms with Crippen LogP contribution in [-0.4, -0.2) is 13.0 Å². The van der Waals surface area contributed by atoms with Crippen LogP contribution in [0.15, 0.2) is 60.7 Å². The Balaban J connectivity index is 1.91. The number of anilines is 1. The van der Waals surface area contributed by atoms with Gasteiger partial charge in [0.2, 0.25) is 0 Å². The summed E-state index contributed by atoms with van der Waals surface area (Å²) >= 11 is 12.3.